The standard InChI is InChI=1S/C25H36N4O2S2/c1-19-13-21(17-32-19)24(30)27-7-12-29-10-5-20(16-29)14-23-15-22(18-33-23)25(31)26-6-11-28-8-3-2-4-9-28/h13,15,17-18,20H,2-12,14,16H2,1H3,(H,26,31)(H,27,30). The third-order valence-electron chi connectivity index (χ3n) is 6.64. The van der Waals surface area contributed by atoms with Crippen molar-refractivity contribution in [2.24, 2.45) is 5.92 Å². The molecule has 0 saturated carbocycles. The molecule has 2 fully saturated rings. The van der Waals surface area contributed by atoms with E-state index in [4.69, 9.17) is 0 Å². The first-order valence-corrected chi connectivity index (χ1v) is 14.0. The van der Waals surface area contributed by atoms with Crippen LogP contribution in [0.4, 0.5) is 0 Å². The Morgan fingerprint density at radius 3 is 2.27 bits per heavy atom. The predicted molar refractivity (Wildman–Crippen MR) is 137 cm³/mol. The number of likely N-dealkylation sites (tertiary alicyclic amines) is 2. The van der Waals surface area contributed by atoms with E-state index in [1.165, 1.54) is 30.6 Å². The van der Waals surface area contributed by atoms with Gasteiger partial charge in [0.15, 0.2) is 0 Å². The summed E-state index contributed by atoms with van der Waals surface area (Å²) in [5.41, 5.74) is 1.57. The highest BCUT2D eigenvalue weighted by atomic mass is 32.1. The Morgan fingerprint density at radius 2 is 1.58 bits per heavy atom. The lowest BCUT2D eigenvalue weighted by molar-refractivity contribution is 0.0940. The van der Waals surface area contributed by atoms with Crippen molar-refractivity contribution in [3.63, 3.8) is 0 Å². The van der Waals surface area contributed by atoms with Crippen molar-refractivity contribution in [3.05, 3.63) is 43.8 Å². The number of aryl methyl sites for hydroxylation is 1. The van der Waals surface area contributed by atoms with Crippen molar-refractivity contribution in [1.29, 1.82) is 0 Å². The number of nitrogens with one attached hydrogen (secondary N) is 2. The predicted octanol–water partition coefficient (Wildman–Crippen LogP) is 3.63. The smallest absolute Gasteiger partial charge is 0.252 e. The fraction of sp³-hybridized carbons (Fsp3) is 0.600. The lowest BCUT2D eigenvalue weighted by Gasteiger charge is -2.26. The second-order valence-corrected chi connectivity index (χ2v) is 11.4. The molecule has 33 heavy (non-hydrogen) atoms. The Kier molecular flexibility index (Phi) is 8.95. The van der Waals surface area contributed by atoms with Crippen LogP contribution in [-0.4, -0.2) is 74.0 Å². The topological polar surface area (TPSA) is 64.7 Å². The van der Waals surface area contributed by atoms with Crippen LogP contribution in [0.1, 0.15) is 56.2 Å². The largest absolute Gasteiger partial charge is 0.351 e. The van der Waals surface area contributed by atoms with Crippen LogP contribution in [0.15, 0.2) is 22.9 Å². The molecule has 2 saturated heterocycles. The van der Waals surface area contributed by atoms with Gasteiger partial charge in [-0.3, -0.25) is 9.59 Å². The van der Waals surface area contributed by atoms with Gasteiger partial charge in [-0.15, -0.1) is 22.7 Å². The average molecular weight is 489 g/mol. The number of nitrogens with zero attached hydrogens (tertiary/aromatic N) is 2. The number of amides is 2. The Morgan fingerprint density at radius 1 is 0.909 bits per heavy atom. The molecular formula is C25H36N4O2S2. The number of carbonyl (C=O) groups is 2. The summed E-state index contributed by atoms with van der Waals surface area (Å²) >= 11 is 3.31. The Hall–Kier alpha value is -1.74. The summed E-state index contributed by atoms with van der Waals surface area (Å²) < 4.78 is 0. The Labute approximate surface area is 205 Å². The van der Waals surface area contributed by atoms with E-state index in [9.17, 15) is 9.59 Å². The fourth-order valence-corrected chi connectivity index (χ4v) is 6.44. The first-order chi connectivity index (χ1) is 16.1. The van der Waals surface area contributed by atoms with E-state index in [0.29, 0.717) is 12.5 Å². The van der Waals surface area contributed by atoms with Gasteiger partial charge in [-0.1, -0.05) is 6.42 Å². The molecule has 4 rings (SSSR count). The molecule has 8 heteroatoms. The first kappa shape index (κ1) is 24.4. The molecule has 0 aliphatic carbocycles. The minimum atomic E-state index is 0.0235. The maximum absolute atomic E-state index is 12.5. The van der Waals surface area contributed by atoms with Gasteiger partial charge in [0.1, 0.15) is 0 Å². The molecule has 0 radical (unpaired) electrons. The number of hydrogen-bond donors (Lipinski definition) is 2. The highest BCUT2D eigenvalue weighted by Gasteiger charge is 2.23. The van der Waals surface area contributed by atoms with Gasteiger partial charge in [-0.05, 0) is 70.3 Å². The molecule has 2 aliphatic rings. The second kappa shape index (κ2) is 12.1. The van der Waals surface area contributed by atoms with Gasteiger partial charge in [0.05, 0.1) is 11.1 Å². The molecule has 0 spiro atoms. The zero-order valence-corrected chi connectivity index (χ0v) is 21.2. The molecule has 6 nitrogen and oxygen atoms in total. The average Bonchev–Trinajstić information content (AvgIpc) is 3.56. The molecule has 0 bridgehead atoms. The maximum atomic E-state index is 12.5. The van der Waals surface area contributed by atoms with Crippen LogP contribution in [0.25, 0.3) is 0 Å². The Balaban J connectivity index is 1.13. The van der Waals surface area contributed by atoms with Crippen LogP contribution >= 0.6 is 22.7 Å². The van der Waals surface area contributed by atoms with Gasteiger partial charge in [-0.2, -0.15) is 0 Å². The number of hydrogen-bond acceptors (Lipinski definition) is 6. The summed E-state index contributed by atoms with van der Waals surface area (Å²) in [6.45, 7) is 9.73. The molecule has 2 aliphatic heterocycles. The van der Waals surface area contributed by atoms with Crippen molar-refractivity contribution in [2.45, 2.75) is 39.0 Å². The first-order valence-electron chi connectivity index (χ1n) is 12.2. The van der Waals surface area contributed by atoms with Crippen LogP contribution in [0.2, 0.25) is 0 Å². The number of piperidine rings is 1. The molecular weight excluding hydrogens is 452 g/mol. The van der Waals surface area contributed by atoms with E-state index in [1.807, 2.05) is 23.8 Å². The van der Waals surface area contributed by atoms with E-state index in [2.05, 4.69) is 26.5 Å². The van der Waals surface area contributed by atoms with Crippen molar-refractivity contribution in [3.8, 4) is 0 Å². The van der Waals surface area contributed by atoms with Gasteiger partial charge >= 0.3 is 0 Å². The van der Waals surface area contributed by atoms with Gasteiger partial charge in [-0.25, -0.2) is 0 Å². The lowest BCUT2D eigenvalue weighted by atomic mass is 10.0. The third kappa shape index (κ3) is 7.37. The number of carbonyl (C=O) groups excluding carboxylic acids is 2. The summed E-state index contributed by atoms with van der Waals surface area (Å²) in [6.07, 6.45) is 6.11. The molecule has 0 aromatic carbocycles. The van der Waals surface area contributed by atoms with Crippen LogP contribution in [-0.2, 0) is 6.42 Å². The molecule has 2 N–H and O–H groups in total. The summed E-state index contributed by atoms with van der Waals surface area (Å²) in [7, 11) is 0. The molecule has 1 unspecified atom stereocenters. The van der Waals surface area contributed by atoms with Crippen molar-refractivity contribution < 1.29 is 9.59 Å². The third-order valence-corrected chi connectivity index (χ3v) is 8.46. The number of thiophene rings is 2. The summed E-state index contributed by atoms with van der Waals surface area (Å²) in [4.78, 5) is 32.0. The van der Waals surface area contributed by atoms with Crippen LogP contribution in [0.3, 0.4) is 0 Å². The van der Waals surface area contributed by atoms with E-state index in [1.54, 1.807) is 22.7 Å². The normalized spacial score (nSPS) is 19.6. The summed E-state index contributed by atoms with van der Waals surface area (Å²) in [5, 5.41) is 10.0. The minimum absolute atomic E-state index is 0.0235. The molecule has 1 atom stereocenters. The van der Waals surface area contributed by atoms with Crippen molar-refractivity contribution in [1.82, 2.24) is 20.4 Å². The van der Waals surface area contributed by atoms with Gasteiger partial charge in [0, 0.05) is 53.2 Å². The molecule has 2 aromatic rings. The van der Waals surface area contributed by atoms with E-state index < -0.39 is 0 Å². The van der Waals surface area contributed by atoms with Crippen LogP contribution in [0.5, 0.6) is 0 Å². The number of rotatable bonds is 10. The van der Waals surface area contributed by atoms with Crippen molar-refractivity contribution in [2.75, 3.05) is 52.4 Å². The van der Waals surface area contributed by atoms with Crippen LogP contribution in [0, 0.1) is 12.8 Å². The highest BCUT2D eigenvalue weighted by molar-refractivity contribution is 7.10. The minimum Gasteiger partial charge on any atom is -0.351 e. The lowest BCUT2D eigenvalue weighted by Crippen LogP contribution is -2.37. The zero-order chi connectivity index (χ0) is 23.0. The fourth-order valence-electron chi connectivity index (χ4n) is 4.78. The summed E-state index contributed by atoms with van der Waals surface area (Å²) in [6, 6.07) is 4.02. The zero-order valence-electron chi connectivity index (χ0n) is 19.6. The van der Waals surface area contributed by atoms with Crippen molar-refractivity contribution >= 4 is 34.5 Å². The maximum Gasteiger partial charge on any atom is 0.252 e. The molecule has 2 amide bonds. The van der Waals surface area contributed by atoms with E-state index in [0.717, 1.165) is 68.2 Å². The van der Waals surface area contributed by atoms with Gasteiger partial charge < -0.3 is 20.4 Å². The summed E-state index contributed by atoms with van der Waals surface area (Å²) in [5.74, 6) is 0.698. The van der Waals surface area contributed by atoms with E-state index in [-0.39, 0.29) is 11.8 Å². The molecule has 180 valence electrons. The monoisotopic (exact) mass is 488 g/mol. The Bertz CT molecular complexity index is 919. The van der Waals surface area contributed by atoms with E-state index >= 15 is 0 Å². The molecule has 4 heterocycles. The van der Waals surface area contributed by atoms with Crippen LogP contribution < -0.4 is 10.6 Å². The van der Waals surface area contributed by atoms with Gasteiger partial charge in [0.2, 0.25) is 0 Å². The quantitative estimate of drug-likeness (QED) is 0.536. The highest BCUT2D eigenvalue weighted by Crippen LogP contribution is 2.24. The SMILES string of the molecule is Cc1cc(C(=O)NCCN2CCC(Cc3cc(C(=O)NCCN4CCCCC4)cs3)C2)cs1. The molecule has 2 aromatic heterocycles. The second-order valence-electron chi connectivity index (χ2n) is 9.32. The van der Waals surface area contributed by atoms with Gasteiger partial charge in [0.25, 0.3) is 11.8 Å².